The smallest absolute Gasteiger partial charge is 0.222 e. The van der Waals surface area contributed by atoms with Crippen LogP contribution in [0.1, 0.15) is 43.7 Å². The Hall–Kier alpha value is -2.92. The second-order valence-corrected chi connectivity index (χ2v) is 9.15. The van der Waals surface area contributed by atoms with Crippen LogP contribution in [0.2, 0.25) is 5.02 Å². The van der Waals surface area contributed by atoms with Crippen LogP contribution in [0.5, 0.6) is 0 Å². The average Bonchev–Trinajstić information content (AvgIpc) is 3.22. The first-order valence-corrected chi connectivity index (χ1v) is 12.0. The minimum atomic E-state index is 0.106. The van der Waals surface area contributed by atoms with Crippen molar-refractivity contribution >= 4 is 34.3 Å². The van der Waals surface area contributed by atoms with E-state index in [0.717, 1.165) is 52.7 Å². The number of aromatic nitrogens is 1. The zero-order valence-electron chi connectivity index (χ0n) is 19.3. The van der Waals surface area contributed by atoms with Gasteiger partial charge in [0.05, 0.1) is 11.2 Å². The van der Waals surface area contributed by atoms with Crippen molar-refractivity contribution in [1.29, 1.82) is 0 Å². The number of likely N-dealkylation sites (tertiary alicyclic amines) is 1. The van der Waals surface area contributed by atoms with Gasteiger partial charge < -0.3 is 9.80 Å². The van der Waals surface area contributed by atoms with Gasteiger partial charge in [-0.2, -0.15) is 0 Å². The molecule has 172 valence electrons. The highest BCUT2D eigenvalue weighted by molar-refractivity contribution is 6.31. The summed E-state index contributed by atoms with van der Waals surface area (Å²) in [6, 6.07) is 16.1. The Balaban J connectivity index is 1.64. The summed E-state index contributed by atoms with van der Waals surface area (Å²) in [5.41, 5.74) is 4.90. The summed E-state index contributed by atoms with van der Waals surface area (Å²) in [5, 5.41) is 1.65. The van der Waals surface area contributed by atoms with Gasteiger partial charge in [0.2, 0.25) is 11.8 Å². The van der Waals surface area contributed by atoms with Gasteiger partial charge in [-0.25, -0.2) is 4.98 Å². The minimum Gasteiger partial charge on any atom is -0.343 e. The van der Waals surface area contributed by atoms with Crippen LogP contribution >= 0.6 is 11.6 Å². The van der Waals surface area contributed by atoms with Crippen LogP contribution in [0.3, 0.4) is 0 Å². The first-order valence-electron chi connectivity index (χ1n) is 11.7. The first kappa shape index (κ1) is 23.2. The van der Waals surface area contributed by atoms with Gasteiger partial charge >= 0.3 is 0 Å². The number of nitrogens with zero attached hydrogens (tertiary/aromatic N) is 3. The molecular formula is C27H30ClN3O2. The molecule has 3 aromatic rings. The maximum Gasteiger partial charge on any atom is 0.222 e. The summed E-state index contributed by atoms with van der Waals surface area (Å²) in [6.07, 6.45) is 2.79. The lowest BCUT2D eigenvalue weighted by molar-refractivity contribution is -0.131. The van der Waals surface area contributed by atoms with Gasteiger partial charge in [0.1, 0.15) is 0 Å². The highest BCUT2D eigenvalue weighted by atomic mass is 35.5. The molecule has 2 amide bonds. The molecule has 1 aliphatic rings. The van der Waals surface area contributed by atoms with Crippen LogP contribution in [0.15, 0.2) is 48.5 Å². The Morgan fingerprint density at radius 2 is 2.03 bits per heavy atom. The van der Waals surface area contributed by atoms with E-state index >= 15 is 0 Å². The number of carbonyl (C=O) groups is 2. The molecule has 0 N–H and O–H groups in total. The maximum atomic E-state index is 12.8. The number of aryl methyl sites for hydroxylation is 1. The number of pyridine rings is 1. The molecule has 1 aromatic heterocycles. The second kappa shape index (κ2) is 10.3. The third-order valence-electron chi connectivity index (χ3n) is 6.19. The van der Waals surface area contributed by atoms with Crippen molar-refractivity contribution in [3.63, 3.8) is 0 Å². The molecule has 1 aliphatic heterocycles. The first-order chi connectivity index (χ1) is 15.9. The van der Waals surface area contributed by atoms with Crippen LogP contribution in [-0.4, -0.2) is 46.2 Å². The summed E-state index contributed by atoms with van der Waals surface area (Å²) in [5.74, 6) is 0.330. The Kier molecular flexibility index (Phi) is 7.29. The van der Waals surface area contributed by atoms with Crippen LogP contribution in [0.25, 0.3) is 22.2 Å². The topological polar surface area (TPSA) is 53.5 Å². The summed E-state index contributed by atoms with van der Waals surface area (Å²) in [6.45, 7) is 6.58. The molecule has 0 radical (unpaired) electrons. The van der Waals surface area contributed by atoms with Crippen molar-refractivity contribution in [2.45, 2.75) is 46.1 Å². The lowest BCUT2D eigenvalue weighted by Crippen LogP contribution is -2.34. The minimum absolute atomic E-state index is 0.106. The van der Waals surface area contributed by atoms with E-state index in [1.807, 2.05) is 41.0 Å². The van der Waals surface area contributed by atoms with E-state index in [1.165, 1.54) is 0 Å². The van der Waals surface area contributed by atoms with Crippen LogP contribution in [0.4, 0.5) is 0 Å². The van der Waals surface area contributed by atoms with E-state index in [1.54, 1.807) is 0 Å². The number of amides is 2. The zero-order valence-corrected chi connectivity index (χ0v) is 20.1. The quantitative estimate of drug-likeness (QED) is 0.436. The third-order valence-corrected chi connectivity index (χ3v) is 6.43. The molecule has 0 spiro atoms. The molecule has 1 saturated heterocycles. The fourth-order valence-corrected chi connectivity index (χ4v) is 4.63. The summed E-state index contributed by atoms with van der Waals surface area (Å²) in [7, 11) is 0. The van der Waals surface area contributed by atoms with Crippen molar-refractivity contribution < 1.29 is 9.59 Å². The number of hydrogen-bond donors (Lipinski definition) is 0. The van der Waals surface area contributed by atoms with E-state index in [4.69, 9.17) is 16.6 Å². The van der Waals surface area contributed by atoms with E-state index in [9.17, 15) is 9.59 Å². The van der Waals surface area contributed by atoms with Crippen LogP contribution in [-0.2, 0) is 16.1 Å². The Morgan fingerprint density at radius 3 is 2.76 bits per heavy atom. The number of fused-ring (bicyclic) bond motifs is 1. The highest BCUT2D eigenvalue weighted by Gasteiger charge is 2.21. The Labute approximate surface area is 200 Å². The Morgan fingerprint density at radius 1 is 1.18 bits per heavy atom. The molecule has 0 atom stereocenters. The van der Waals surface area contributed by atoms with Gasteiger partial charge in [0, 0.05) is 55.0 Å². The van der Waals surface area contributed by atoms with Crippen molar-refractivity contribution in [3.05, 3.63) is 64.7 Å². The summed E-state index contributed by atoms with van der Waals surface area (Å²) in [4.78, 5) is 33.5. The van der Waals surface area contributed by atoms with E-state index in [-0.39, 0.29) is 11.8 Å². The van der Waals surface area contributed by atoms with Crippen LogP contribution in [0, 0.1) is 6.92 Å². The monoisotopic (exact) mass is 463 g/mol. The largest absolute Gasteiger partial charge is 0.343 e. The predicted molar refractivity (Wildman–Crippen MR) is 133 cm³/mol. The van der Waals surface area contributed by atoms with Gasteiger partial charge in [0.15, 0.2) is 0 Å². The lowest BCUT2D eigenvalue weighted by Gasteiger charge is -2.25. The summed E-state index contributed by atoms with van der Waals surface area (Å²) >= 11 is 6.23. The molecule has 0 saturated carbocycles. The van der Waals surface area contributed by atoms with E-state index in [2.05, 4.69) is 31.2 Å². The molecule has 5 nitrogen and oxygen atoms in total. The highest BCUT2D eigenvalue weighted by Crippen LogP contribution is 2.29. The number of carbonyl (C=O) groups excluding carboxylic acids is 2. The number of halogens is 1. The molecule has 2 aromatic carbocycles. The van der Waals surface area contributed by atoms with Gasteiger partial charge in [0.25, 0.3) is 0 Å². The van der Waals surface area contributed by atoms with E-state index in [0.29, 0.717) is 37.5 Å². The van der Waals surface area contributed by atoms with Gasteiger partial charge in [-0.3, -0.25) is 9.59 Å². The SMILES string of the molecule is CCC(=O)N(CCCN1CCCC1=O)Cc1cc2ccc(Cl)cc2nc1-c1cccc(C)c1. The normalized spacial score (nSPS) is 13.7. The van der Waals surface area contributed by atoms with Crippen molar-refractivity contribution in [2.75, 3.05) is 19.6 Å². The molecule has 6 heteroatoms. The molecule has 1 fully saturated rings. The van der Waals surface area contributed by atoms with Crippen molar-refractivity contribution in [2.24, 2.45) is 0 Å². The van der Waals surface area contributed by atoms with Crippen molar-refractivity contribution in [3.8, 4) is 11.3 Å². The van der Waals surface area contributed by atoms with Crippen molar-refractivity contribution in [1.82, 2.24) is 14.8 Å². The summed E-state index contributed by atoms with van der Waals surface area (Å²) < 4.78 is 0. The number of hydrogen-bond acceptors (Lipinski definition) is 3. The standard InChI is InChI=1S/C27H30ClN3O2/c1-3-25(32)31(14-6-13-30-12-5-9-26(30)33)18-22-16-20-10-11-23(28)17-24(20)29-27(22)21-8-4-7-19(2)15-21/h4,7-8,10-11,15-17H,3,5-6,9,12-14,18H2,1-2H3. The maximum absolute atomic E-state index is 12.8. The zero-order chi connectivity index (χ0) is 23.4. The van der Waals surface area contributed by atoms with Gasteiger partial charge in [-0.15, -0.1) is 0 Å². The molecule has 0 unspecified atom stereocenters. The fraction of sp³-hybridized carbons (Fsp3) is 0.370. The lowest BCUT2D eigenvalue weighted by atomic mass is 10.0. The number of benzene rings is 2. The number of rotatable bonds is 8. The average molecular weight is 464 g/mol. The molecule has 2 heterocycles. The molecule has 0 aliphatic carbocycles. The Bertz CT molecular complexity index is 1180. The fourth-order valence-electron chi connectivity index (χ4n) is 4.46. The van der Waals surface area contributed by atoms with E-state index < -0.39 is 0 Å². The van der Waals surface area contributed by atoms with Crippen LogP contribution < -0.4 is 0 Å². The third kappa shape index (κ3) is 5.53. The van der Waals surface area contributed by atoms with Gasteiger partial charge in [-0.05, 0) is 49.6 Å². The molecule has 0 bridgehead atoms. The predicted octanol–water partition coefficient (Wildman–Crippen LogP) is 5.61. The second-order valence-electron chi connectivity index (χ2n) is 8.71. The molecule has 4 rings (SSSR count). The molecule has 33 heavy (non-hydrogen) atoms. The van der Waals surface area contributed by atoms with Gasteiger partial charge in [-0.1, -0.05) is 48.4 Å². The molecular weight excluding hydrogens is 434 g/mol.